The molecule has 0 radical (unpaired) electrons. The maximum atomic E-state index is 13.5. The first kappa shape index (κ1) is 20.3. The van der Waals surface area contributed by atoms with Gasteiger partial charge in [0, 0.05) is 0 Å². The molecular weight excluding hydrogens is 404 g/mol. The van der Waals surface area contributed by atoms with Crippen molar-refractivity contribution >= 4 is 16.7 Å². The average Bonchev–Trinajstić information content (AvgIpc) is 3.64. The van der Waals surface area contributed by atoms with E-state index in [0.29, 0.717) is 5.92 Å². The molecule has 0 spiro atoms. The third-order valence-electron chi connectivity index (χ3n) is 10.6. The van der Waals surface area contributed by atoms with Crippen molar-refractivity contribution in [1.29, 1.82) is 0 Å². The van der Waals surface area contributed by atoms with Crippen LogP contribution in [-0.4, -0.2) is 11.6 Å². The minimum absolute atomic E-state index is 0.118. The molecular formula is C31H36O2. The van der Waals surface area contributed by atoms with Gasteiger partial charge >= 0.3 is 5.97 Å². The van der Waals surface area contributed by atoms with Crippen molar-refractivity contribution in [2.45, 2.75) is 76.2 Å². The van der Waals surface area contributed by atoms with Gasteiger partial charge in [0.05, 0.1) is 5.56 Å². The summed E-state index contributed by atoms with van der Waals surface area (Å²) in [6, 6.07) is 13.0. The number of allylic oxidation sites excluding steroid dienone is 2. The SMILES string of the molecule is CCC1(OC(=O)c2cccc3c(C4CC5CC4C4C6C=CC(C6)C54)cccc23)CCCCC1. The fraction of sp³-hybridized carbons (Fsp3) is 0.581. The molecule has 2 aromatic carbocycles. The minimum atomic E-state index is -0.260. The summed E-state index contributed by atoms with van der Waals surface area (Å²) in [6.07, 6.45) is 15.8. The van der Waals surface area contributed by atoms with Crippen molar-refractivity contribution in [3.05, 3.63) is 59.7 Å². The highest BCUT2D eigenvalue weighted by Gasteiger charge is 2.61. The zero-order valence-corrected chi connectivity index (χ0v) is 19.8. The van der Waals surface area contributed by atoms with E-state index in [1.165, 1.54) is 49.5 Å². The molecule has 7 rings (SSSR count). The van der Waals surface area contributed by atoms with Crippen LogP contribution in [0.5, 0.6) is 0 Å². The number of hydrogen-bond donors (Lipinski definition) is 0. The van der Waals surface area contributed by atoms with E-state index in [2.05, 4.69) is 49.4 Å². The monoisotopic (exact) mass is 440 g/mol. The van der Waals surface area contributed by atoms with Crippen molar-refractivity contribution in [2.24, 2.45) is 35.5 Å². The predicted octanol–water partition coefficient (Wildman–Crippen LogP) is 7.67. The van der Waals surface area contributed by atoms with Crippen molar-refractivity contribution < 1.29 is 9.53 Å². The largest absolute Gasteiger partial charge is 0.455 e. The van der Waals surface area contributed by atoms with E-state index in [0.717, 1.165) is 65.7 Å². The Bertz CT molecular complexity index is 1120. The summed E-state index contributed by atoms with van der Waals surface area (Å²) in [5, 5.41) is 2.38. The van der Waals surface area contributed by atoms with Crippen LogP contribution in [0.15, 0.2) is 48.6 Å². The third-order valence-corrected chi connectivity index (χ3v) is 10.6. The zero-order chi connectivity index (χ0) is 22.2. The summed E-state index contributed by atoms with van der Waals surface area (Å²) in [6.45, 7) is 2.17. The summed E-state index contributed by atoms with van der Waals surface area (Å²) >= 11 is 0. The number of rotatable bonds is 4. The number of benzene rings is 2. The van der Waals surface area contributed by atoms with E-state index in [1.807, 2.05) is 6.07 Å². The van der Waals surface area contributed by atoms with Gasteiger partial charge < -0.3 is 4.74 Å². The Morgan fingerprint density at radius 1 is 0.909 bits per heavy atom. The topological polar surface area (TPSA) is 26.3 Å². The van der Waals surface area contributed by atoms with E-state index in [4.69, 9.17) is 4.74 Å². The van der Waals surface area contributed by atoms with Crippen LogP contribution in [0.25, 0.3) is 10.8 Å². The molecule has 4 fully saturated rings. The van der Waals surface area contributed by atoms with E-state index in [1.54, 1.807) is 0 Å². The van der Waals surface area contributed by atoms with Gasteiger partial charge in [-0.1, -0.05) is 55.8 Å². The molecule has 4 saturated carbocycles. The molecule has 4 bridgehead atoms. The minimum Gasteiger partial charge on any atom is -0.455 e. The maximum absolute atomic E-state index is 13.5. The Morgan fingerprint density at radius 2 is 1.67 bits per heavy atom. The van der Waals surface area contributed by atoms with Crippen LogP contribution in [0.3, 0.4) is 0 Å². The van der Waals surface area contributed by atoms with Gasteiger partial charge in [-0.05, 0) is 115 Å². The van der Waals surface area contributed by atoms with Gasteiger partial charge in [-0.3, -0.25) is 0 Å². The van der Waals surface area contributed by atoms with Gasteiger partial charge in [-0.15, -0.1) is 0 Å². The van der Waals surface area contributed by atoms with Crippen molar-refractivity contribution in [1.82, 2.24) is 0 Å². The third kappa shape index (κ3) is 2.95. The Hall–Kier alpha value is -2.09. The molecule has 7 atom stereocenters. The van der Waals surface area contributed by atoms with E-state index < -0.39 is 0 Å². The van der Waals surface area contributed by atoms with Crippen LogP contribution in [-0.2, 0) is 4.74 Å². The Morgan fingerprint density at radius 3 is 2.48 bits per heavy atom. The molecule has 0 heterocycles. The molecule has 2 heteroatoms. The van der Waals surface area contributed by atoms with Crippen LogP contribution in [0.1, 0.15) is 86.6 Å². The Labute approximate surface area is 197 Å². The van der Waals surface area contributed by atoms with E-state index in [-0.39, 0.29) is 11.6 Å². The summed E-state index contributed by atoms with van der Waals surface area (Å²) < 4.78 is 6.28. The Balaban J connectivity index is 1.22. The number of carbonyl (C=O) groups excluding carboxylic acids is 1. The van der Waals surface area contributed by atoms with Crippen molar-refractivity contribution in [2.75, 3.05) is 0 Å². The first-order chi connectivity index (χ1) is 16.2. The van der Waals surface area contributed by atoms with Gasteiger partial charge in [0.2, 0.25) is 0 Å². The lowest BCUT2D eigenvalue weighted by Gasteiger charge is -2.37. The Kier molecular flexibility index (Phi) is 4.58. The van der Waals surface area contributed by atoms with Gasteiger partial charge in [0.15, 0.2) is 0 Å². The number of fused-ring (bicyclic) bond motifs is 10. The highest BCUT2D eigenvalue weighted by molar-refractivity contribution is 6.05. The molecule has 0 N–H and O–H groups in total. The molecule has 5 aliphatic carbocycles. The lowest BCUT2D eigenvalue weighted by molar-refractivity contribution is -0.0395. The summed E-state index contributed by atoms with van der Waals surface area (Å²) in [5.41, 5.74) is 1.99. The van der Waals surface area contributed by atoms with Crippen LogP contribution >= 0.6 is 0 Å². The van der Waals surface area contributed by atoms with Crippen LogP contribution in [0.2, 0.25) is 0 Å². The first-order valence-electron chi connectivity index (χ1n) is 13.6. The lowest BCUT2D eigenvalue weighted by atomic mass is 9.67. The van der Waals surface area contributed by atoms with Gasteiger partial charge in [0.1, 0.15) is 5.60 Å². The van der Waals surface area contributed by atoms with Gasteiger partial charge in [-0.2, -0.15) is 0 Å². The fourth-order valence-corrected chi connectivity index (χ4v) is 9.18. The molecule has 0 amide bonds. The normalized spacial score (nSPS) is 37.5. The summed E-state index contributed by atoms with van der Waals surface area (Å²) in [7, 11) is 0. The molecule has 2 aromatic rings. The smallest absolute Gasteiger partial charge is 0.339 e. The average molecular weight is 441 g/mol. The van der Waals surface area contributed by atoms with Gasteiger partial charge in [0.25, 0.3) is 0 Å². The predicted molar refractivity (Wildman–Crippen MR) is 132 cm³/mol. The molecule has 33 heavy (non-hydrogen) atoms. The second-order valence-corrected chi connectivity index (χ2v) is 11.8. The molecule has 0 aliphatic heterocycles. The standard InChI is InChI=1S/C31H36O2/c1-2-31(14-4-3-5-15-31)33-30(32)25-11-7-8-22-23(25)9-6-10-24(22)26-17-21-18-27(26)29-20-13-12-19(16-20)28(21)29/h6-13,19-21,26-29H,2-5,14-18H2,1H3. The highest BCUT2D eigenvalue weighted by Crippen LogP contribution is 2.69. The number of hydrogen-bond acceptors (Lipinski definition) is 2. The maximum Gasteiger partial charge on any atom is 0.339 e. The second kappa shape index (κ2) is 7.45. The molecule has 2 nitrogen and oxygen atoms in total. The van der Waals surface area contributed by atoms with E-state index >= 15 is 0 Å². The molecule has 5 aliphatic rings. The molecule has 0 aromatic heterocycles. The van der Waals surface area contributed by atoms with Crippen molar-refractivity contribution in [3.8, 4) is 0 Å². The fourth-order valence-electron chi connectivity index (χ4n) is 9.18. The van der Waals surface area contributed by atoms with Crippen LogP contribution < -0.4 is 0 Å². The number of carbonyl (C=O) groups is 1. The molecule has 172 valence electrons. The summed E-state index contributed by atoms with van der Waals surface area (Å²) in [4.78, 5) is 13.5. The van der Waals surface area contributed by atoms with Gasteiger partial charge in [-0.25, -0.2) is 4.79 Å². The number of esters is 1. The first-order valence-corrected chi connectivity index (χ1v) is 13.6. The highest BCUT2D eigenvalue weighted by atomic mass is 16.6. The zero-order valence-electron chi connectivity index (χ0n) is 19.8. The van der Waals surface area contributed by atoms with Crippen LogP contribution in [0.4, 0.5) is 0 Å². The second-order valence-electron chi connectivity index (χ2n) is 11.8. The molecule has 0 saturated heterocycles. The quantitative estimate of drug-likeness (QED) is 0.277. The summed E-state index contributed by atoms with van der Waals surface area (Å²) in [5.74, 6) is 5.84. The molecule has 7 unspecified atom stereocenters. The lowest BCUT2D eigenvalue weighted by Crippen LogP contribution is -2.36. The van der Waals surface area contributed by atoms with E-state index in [9.17, 15) is 4.79 Å². The van der Waals surface area contributed by atoms with Crippen LogP contribution in [0, 0.1) is 35.5 Å². The van der Waals surface area contributed by atoms with Crippen molar-refractivity contribution in [3.63, 3.8) is 0 Å². The number of ether oxygens (including phenoxy) is 1.